The third-order valence-corrected chi connectivity index (χ3v) is 4.01. The maximum atomic E-state index is 9.58. The minimum Gasteiger partial charge on any atom is -0.192 e. The normalized spacial score (nSPS) is 10.7. The van der Waals surface area contributed by atoms with Gasteiger partial charge >= 0.3 is 0 Å². The second-order valence-corrected chi connectivity index (χ2v) is 5.70. The Balaban J connectivity index is 2.07. The summed E-state index contributed by atoms with van der Waals surface area (Å²) < 4.78 is 0. The second kappa shape index (κ2) is 8.29. The molecule has 0 saturated heterocycles. The van der Waals surface area contributed by atoms with Crippen LogP contribution in [0.15, 0.2) is 72.8 Å². The Hall–Kier alpha value is -3.88. The zero-order valence-corrected chi connectivity index (χ0v) is 14.1. The van der Waals surface area contributed by atoms with E-state index in [-0.39, 0.29) is 0 Å². The summed E-state index contributed by atoms with van der Waals surface area (Å²) in [7, 11) is 0. The molecule has 0 aliphatic heterocycles. The maximum absolute atomic E-state index is 9.58. The second-order valence-electron chi connectivity index (χ2n) is 5.70. The molecule has 3 aromatic carbocycles. The Morgan fingerprint density at radius 1 is 0.577 bits per heavy atom. The van der Waals surface area contributed by atoms with Gasteiger partial charge in [0.15, 0.2) is 0 Å². The number of hydrogen-bond donors (Lipinski definition) is 0. The lowest BCUT2D eigenvalue weighted by molar-refractivity contribution is 1.41. The molecule has 0 aliphatic carbocycles. The molecule has 3 aromatic rings. The molecule has 0 fully saturated rings. The quantitative estimate of drug-likeness (QED) is 0.569. The fourth-order valence-corrected chi connectivity index (χ4v) is 2.67. The van der Waals surface area contributed by atoms with Crippen molar-refractivity contribution in [2.24, 2.45) is 0 Å². The average molecular weight is 332 g/mol. The highest BCUT2D eigenvalue weighted by Gasteiger charge is 2.09. The van der Waals surface area contributed by atoms with Gasteiger partial charge in [-0.15, -0.1) is 0 Å². The summed E-state index contributed by atoms with van der Waals surface area (Å²) in [6.45, 7) is 0. The van der Waals surface area contributed by atoms with Crippen molar-refractivity contribution in [1.82, 2.24) is 0 Å². The van der Waals surface area contributed by atoms with Crippen molar-refractivity contribution < 1.29 is 0 Å². The van der Waals surface area contributed by atoms with Crippen LogP contribution in [0.5, 0.6) is 0 Å². The van der Waals surface area contributed by atoms with Gasteiger partial charge in [-0.3, -0.25) is 0 Å². The third-order valence-electron chi connectivity index (χ3n) is 4.01. The molecule has 0 bridgehead atoms. The summed E-state index contributed by atoms with van der Waals surface area (Å²) >= 11 is 0. The molecular weight excluding hydrogens is 316 g/mol. The molecule has 2 nitrogen and oxygen atoms in total. The van der Waals surface area contributed by atoms with Crippen molar-refractivity contribution in [2.75, 3.05) is 0 Å². The smallest absolute Gasteiger partial charge is 0.101 e. The number of rotatable bonds is 4. The fraction of sp³-hybridized carbons (Fsp3) is 0. The van der Waals surface area contributed by atoms with E-state index in [0.29, 0.717) is 11.1 Å². The van der Waals surface area contributed by atoms with Crippen molar-refractivity contribution in [3.63, 3.8) is 0 Å². The van der Waals surface area contributed by atoms with Crippen LogP contribution < -0.4 is 0 Å². The topological polar surface area (TPSA) is 47.6 Å². The Morgan fingerprint density at radius 2 is 1.15 bits per heavy atom. The van der Waals surface area contributed by atoms with E-state index in [2.05, 4.69) is 12.1 Å². The van der Waals surface area contributed by atoms with Gasteiger partial charge in [-0.1, -0.05) is 91.0 Å². The van der Waals surface area contributed by atoms with Crippen LogP contribution in [0.2, 0.25) is 0 Å². The molecule has 0 saturated carbocycles. The average Bonchev–Trinajstić information content (AvgIpc) is 2.71. The lowest BCUT2D eigenvalue weighted by atomic mass is 9.95. The van der Waals surface area contributed by atoms with Crippen molar-refractivity contribution >= 4 is 24.3 Å². The van der Waals surface area contributed by atoms with E-state index in [1.54, 1.807) is 6.07 Å². The van der Waals surface area contributed by atoms with Gasteiger partial charge in [0.1, 0.15) is 12.1 Å². The molecule has 0 aliphatic rings. The first kappa shape index (κ1) is 17.0. The lowest BCUT2D eigenvalue weighted by Gasteiger charge is -2.06. The van der Waals surface area contributed by atoms with E-state index >= 15 is 0 Å². The SMILES string of the molecule is N#Cc1ccc(/C=C/c2ccccc2)c(/C=C/c2ccccc2)c1C#N. The molecule has 122 valence electrons. The van der Waals surface area contributed by atoms with Crippen LogP contribution in [0.3, 0.4) is 0 Å². The Morgan fingerprint density at radius 3 is 1.69 bits per heavy atom. The van der Waals surface area contributed by atoms with E-state index in [9.17, 15) is 10.5 Å². The van der Waals surface area contributed by atoms with Crippen LogP contribution in [0.25, 0.3) is 24.3 Å². The van der Waals surface area contributed by atoms with Gasteiger partial charge in [0.2, 0.25) is 0 Å². The first-order chi connectivity index (χ1) is 12.8. The molecule has 0 amide bonds. The predicted octanol–water partition coefficient (Wildman–Crippen LogP) is 5.77. The summed E-state index contributed by atoms with van der Waals surface area (Å²) in [6, 6.07) is 27.7. The standard InChI is InChI=1S/C24H16N2/c25-17-22-15-14-21(13-11-19-7-3-1-4-8-19)23(24(22)18-26)16-12-20-9-5-2-6-10-20/h1-16H/b13-11+,16-12+. The molecular formula is C24H16N2. The largest absolute Gasteiger partial charge is 0.192 e. The zero-order valence-electron chi connectivity index (χ0n) is 14.1. The van der Waals surface area contributed by atoms with E-state index < -0.39 is 0 Å². The van der Waals surface area contributed by atoms with Crippen LogP contribution >= 0.6 is 0 Å². The minimum atomic E-state index is 0.386. The highest BCUT2D eigenvalue weighted by atomic mass is 14.3. The lowest BCUT2D eigenvalue weighted by Crippen LogP contribution is -1.92. The zero-order chi connectivity index (χ0) is 18.2. The number of benzene rings is 3. The molecule has 0 unspecified atom stereocenters. The van der Waals surface area contributed by atoms with Crippen LogP contribution in [-0.4, -0.2) is 0 Å². The van der Waals surface area contributed by atoms with Crippen molar-refractivity contribution in [1.29, 1.82) is 10.5 Å². The third kappa shape index (κ3) is 3.96. The highest BCUT2D eigenvalue weighted by Crippen LogP contribution is 2.23. The van der Waals surface area contributed by atoms with Gasteiger partial charge in [-0.25, -0.2) is 0 Å². The molecule has 0 aromatic heterocycles. The minimum absolute atomic E-state index is 0.386. The first-order valence-electron chi connectivity index (χ1n) is 8.25. The van der Waals surface area contributed by atoms with Crippen LogP contribution in [-0.2, 0) is 0 Å². The van der Waals surface area contributed by atoms with Gasteiger partial charge in [0, 0.05) is 5.56 Å². The summed E-state index contributed by atoms with van der Waals surface area (Å²) in [5, 5.41) is 18.9. The number of nitrogens with zero attached hydrogens (tertiary/aromatic N) is 2. The fourth-order valence-electron chi connectivity index (χ4n) is 2.67. The van der Waals surface area contributed by atoms with Crippen molar-refractivity contribution in [3.8, 4) is 12.1 Å². The van der Waals surface area contributed by atoms with Crippen molar-refractivity contribution in [3.05, 3.63) is 106 Å². The van der Waals surface area contributed by atoms with Gasteiger partial charge in [0.05, 0.1) is 11.1 Å². The Bertz CT molecular complexity index is 1030. The van der Waals surface area contributed by atoms with Crippen LogP contribution in [0, 0.1) is 22.7 Å². The maximum Gasteiger partial charge on any atom is 0.101 e. The van der Waals surface area contributed by atoms with Gasteiger partial charge < -0.3 is 0 Å². The molecule has 0 N–H and O–H groups in total. The molecule has 0 atom stereocenters. The molecule has 0 radical (unpaired) electrons. The van der Waals surface area contributed by atoms with Crippen molar-refractivity contribution in [2.45, 2.75) is 0 Å². The summed E-state index contributed by atoms with van der Waals surface area (Å²) in [5.41, 5.74) is 4.55. The van der Waals surface area contributed by atoms with Crippen LogP contribution in [0.4, 0.5) is 0 Å². The summed E-state index contributed by atoms with van der Waals surface area (Å²) in [4.78, 5) is 0. The molecule has 2 heteroatoms. The summed E-state index contributed by atoms with van der Waals surface area (Å²) in [6.07, 6.45) is 7.83. The molecule has 0 heterocycles. The number of nitriles is 2. The van der Waals surface area contributed by atoms with E-state index in [0.717, 1.165) is 22.3 Å². The first-order valence-corrected chi connectivity index (χ1v) is 8.25. The predicted molar refractivity (Wildman–Crippen MR) is 107 cm³/mol. The molecule has 26 heavy (non-hydrogen) atoms. The summed E-state index contributed by atoms with van der Waals surface area (Å²) in [5.74, 6) is 0. The van der Waals surface area contributed by atoms with E-state index in [4.69, 9.17) is 0 Å². The Labute approximate surface area is 153 Å². The van der Waals surface area contributed by atoms with Gasteiger partial charge in [-0.2, -0.15) is 10.5 Å². The van der Waals surface area contributed by atoms with Gasteiger partial charge in [0.25, 0.3) is 0 Å². The highest BCUT2D eigenvalue weighted by molar-refractivity contribution is 5.83. The molecule has 3 rings (SSSR count). The monoisotopic (exact) mass is 332 g/mol. The van der Waals surface area contributed by atoms with Gasteiger partial charge in [-0.05, 0) is 22.8 Å². The van der Waals surface area contributed by atoms with Crippen LogP contribution in [0.1, 0.15) is 33.4 Å². The molecule has 0 spiro atoms. The number of hydrogen-bond acceptors (Lipinski definition) is 2. The van der Waals surface area contributed by atoms with E-state index in [1.165, 1.54) is 0 Å². The van der Waals surface area contributed by atoms with E-state index in [1.807, 2.05) is 91.0 Å². The Kier molecular flexibility index (Phi) is 5.41.